The number of nitrogens with zero attached hydrogens (tertiary/aromatic N) is 3. The Kier molecular flexibility index (Phi) is 15.8. The predicted octanol–water partition coefficient (Wildman–Crippen LogP) is 4.12. The van der Waals surface area contributed by atoms with Crippen molar-refractivity contribution in [3.8, 4) is 0 Å². The maximum absolute atomic E-state index is 11.8. The van der Waals surface area contributed by atoms with Crippen LogP contribution >= 0.6 is 9.47 Å². The molecule has 0 saturated heterocycles. The van der Waals surface area contributed by atoms with Crippen molar-refractivity contribution in [3.63, 3.8) is 0 Å². The van der Waals surface area contributed by atoms with E-state index in [2.05, 4.69) is 37.6 Å². The summed E-state index contributed by atoms with van der Waals surface area (Å²) in [6.07, 6.45) is 9.05. The first kappa shape index (κ1) is 34.7. The zero-order valence-corrected chi connectivity index (χ0v) is 24.4. The van der Waals surface area contributed by atoms with E-state index in [4.69, 9.17) is 25.8 Å². The van der Waals surface area contributed by atoms with Crippen molar-refractivity contribution in [1.29, 1.82) is 0 Å². The summed E-state index contributed by atoms with van der Waals surface area (Å²) in [5.41, 5.74) is 11.6. The van der Waals surface area contributed by atoms with Crippen LogP contribution in [0.1, 0.15) is 48.0 Å². The molecule has 212 valence electrons. The zero-order valence-electron chi connectivity index (χ0n) is 23.2. The Bertz CT molecular complexity index is 1170. The highest BCUT2D eigenvalue weighted by molar-refractivity contribution is 7.09. The van der Waals surface area contributed by atoms with Gasteiger partial charge < -0.3 is 25.8 Å². The molecule has 6 N–H and O–H groups in total. The molecule has 0 spiro atoms. The number of carbonyl (C=O) groups excluding carboxylic acids is 1. The van der Waals surface area contributed by atoms with E-state index in [1.54, 1.807) is 30.6 Å². The van der Waals surface area contributed by atoms with Gasteiger partial charge in [0.15, 0.2) is 11.2 Å². The summed E-state index contributed by atoms with van der Waals surface area (Å²) in [6.45, 7) is 18.4. The Morgan fingerprint density at radius 1 is 1.34 bits per heavy atom. The summed E-state index contributed by atoms with van der Waals surface area (Å²) in [5, 5.41) is 8.27. The van der Waals surface area contributed by atoms with Gasteiger partial charge in [0.2, 0.25) is 5.95 Å². The molecular weight excluding hydrogens is 507 g/mol. The number of ether oxygens (including phenoxy) is 1. The molecule has 2 unspecified atom stereocenters. The molecule has 0 radical (unpaired) electrons. The quantitative estimate of drug-likeness (QED) is 0.130. The SMILES string of the molecule is C=C(O)/C=C\C.C=CC.CC(C)C(=O)OCC1(COP)C/C1=C/n1cnc2c(=O)[nH]c(N)nc21.CC(C)N. The highest BCUT2D eigenvalue weighted by atomic mass is 31.0. The lowest BCUT2D eigenvalue weighted by Crippen LogP contribution is -2.21. The van der Waals surface area contributed by atoms with Crippen molar-refractivity contribution in [2.45, 2.75) is 54.0 Å². The number of nitrogen functional groups attached to an aromatic ring is 1. The average molecular weight is 551 g/mol. The van der Waals surface area contributed by atoms with E-state index in [1.165, 1.54) is 12.4 Å². The smallest absolute Gasteiger partial charge is 0.308 e. The fourth-order valence-electron chi connectivity index (χ4n) is 2.77. The molecule has 1 fully saturated rings. The van der Waals surface area contributed by atoms with Crippen molar-refractivity contribution < 1.29 is 19.2 Å². The summed E-state index contributed by atoms with van der Waals surface area (Å²) in [6, 6.07) is 0.333. The van der Waals surface area contributed by atoms with Crippen LogP contribution in [0.2, 0.25) is 0 Å². The molecule has 38 heavy (non-hydrogen) atoms. The van der Waals surface area contributed by atoms with Crippen LogP contribution in [-0.4, -0.2) is 49.9 Å². The molecule has 0 aliphatic heterocycles. The van der Waals surface area contributed by atoms with Gasteiger partial charge in [0.05, 0.1) is 17.9 Å². The minimum absolute atomic E-state index is 0.0267. The molecule has 1 saturated carbocycles. The largest absolute Gasteiger partial charge is 0.509 e. The monoisotopic (exact) mass is 550 g/mol. The molecule has 12 heteroatoms. The van der Waals surface area contributed by atoms with E-state index >= 15 is 0 Å². The summed E-state index contributed by atoms with van der Waals surface area (Å²) in [4.78, 5) is 34.2. The summed E-state index contributed by atoms with van der Waals surface area (Å²) >= 11 is 0. The topological polar surface area (TPSA) is 171 Å². The summed E-state index contributed by atoms with van der Waals surface area (Å²) < 4.78 is 12.2. The highest BCUT2D eigenvalue weighted by Crippen LogP contribution is 2.53. The van der Waals surface area contributed by atoms with Gasteiger partial charge in [-0.1, -0.05) is 46.4 Å². The first-order valence-electron chi connectivity index (χ1n) is 12.0. The Morgan fingerprint density at radius 3 is 2.37 bits per heavy atom. The Morgan fingerprint density at radius 2 is 1.92 bits per heavy atom. The number of aliphatic hydroxyl groups excluding tert-OH is 1. The Hall–Kier alpha value is -3.27. The molecule has 11 nitrogen and oxygen atoms in total. The van der Waals surface area contributed by atoms with Gasteiger partial charge in [-0.05, 0) is 38.0 Å². The number of nitrogens with one attached hydrogen (secondary N) is 1. The van der Waals surface area contributed by atoms with Gasteiger partial charge in [-0.25, -0.2) is 4.98 Å². The number of aromatic nitrogens is 4. The van der Waals surface area contributed by atoms with Crippen LogP contribution < -0.4 is 17.0 Å². The number of hydrogen-bond acceptors (Lipinski definition) is 9. The van der Waals surface area contributed by atoms with Crippen molar-refractivity contribution in [2.75, 3.05) is 18.9 Å². The molecule has 0 bridgehead atoms. The summed E-state index contributed by atoms with van der Waals surface area (Å²) in [5.74, 6) is -0.295. The van der Waals surface area contributed by atoms with Gasteiger partial charge in [0, 0.05) is 15.7 Å². The van der Waals surface area contributed by atoms with Crippen LogP contribution in [0.25, 0.3) is 17.4 Å². The number of aromatic amines is 1. The number of esters is 1. The van der Waals surface area contributed by atoms with E-state index in [9.17, 15) is 9.59 Å². The third-order valence-corrected chi connectivity index (χ3v) is 4.68. The van der Waals surface area contributed by atoms with E-state index < -0.39 is 0 Å². The molecule has 1 aliphatic rings. The number of allylic oxidation sites excluding steroid dienone is 3. The third kappa shape index (κ3) is 12.3. The average Bonchev–Trinajstić information content (AvgIpc) is 3.31. The number of imidazole rings is 1. The number of H-pyrrole nitrogens is 1. The number of fused-ring (bicyclic) bond motifs is 1. The van der Waals surface area contributed by atoms with Crippen LogP contribution in [0, 0.1) is 11.3 Å². The number of carbonyl (C=O) groups is 1. The molecule has 0 aromatic carbocycles. The van der Waals surface area contributed by atoms with E-state index in [1.807, 2.05) is 33.9 Å². The van der Waals surface area contributed by atoms with Crippen LogP contribution in [0.5, 0.6) is 0 Å². The molecular formula is C26H43N6O5P. The summed E-state index contributed by atoms with van der Waals surface area (Å²) in [7, 11) is 2.21. The second-order valence-electron chi connectivity index (χ2n) is 9.10. The number of nitrogens with two attached hydrogens (primary N) is 2. The van der Waals surface area contributed by atoms with Gasteiger partial charge in [0.25, 0.3) is 5.56 Å². The lowest BCUT2D eigenvalue weighted by Gasteiger charge is -2.15. The molecule has 1 aliphatic carbocycles. The fourth-order valence-corrected chi connectivity index (χ4v) is 3.08. The normalized spacial score (nSPS) is 16.7. The zero-order chi connectivity index (χ0) is 29.5. The molecule has 2 aromatic heterocycles. The number of anilines is 1. The van der Waals surface area contributed by atoms with Crippen LogP contribution in [0.15, 0.2) is 53.8 Å². The number of rotatable bonds is 7. The Balaban J connectivity index is 0.000000880. The molecule has 2 atom stereocenters. The van der Waals surface area contributed by atoms with Crippen LogP contribution in [-0.2, 0) is 14.1 Å². The van der Waals surface area contributed by atoms with Gasteiger partial charge in [-0.2, -0.15) is 4.98 Å². The van der Waals surface area contributed by atoms with E-state index in [-0.39, 0.29) is 46.7 Å². The lowest BCUT2D eigenvalue weighted by atomic mass is 10.1. The van der Waals surface area contributed by atoms with E-state index in [0.29, 0.717) is 24.7 Å². The highest BCUT2D eigenvalue weighted by Gasteiger charge is 2.50. The minimum atomic E-state index is -0.388. The third-order valence-electron chi connectivity index (χ3n) is 4.51. The Labute approximate surface area is 227 Å². The number of aliphatic hydroxyl groups is 1. The van der Waals surface area contributed by atoms with Crippen molar-refractivity contribution in [3.05, 3.63) is 59.4 Å². The van der Waals surface area contributed by atoms with E-state index in [0.717, 1.165) is 5.57 Å². The fraction of sp³-hybridized carbons (Fsp3) is 0.462. The van der Waals surface area contributed by atoms with Crippen molar-refractivity contribution in [2.24, 2.45) is 17.1 Å². The maximum atomic E-state index is 11.8. The standard InChI is InChI=1S/C15H20N5O4P.C5H8O.C3H9N.C3H6/c1-8(2)13(22)23-5-15(6-24-25)3-9(15)4-20-7-17-10-11(20)18-14(16)19-12(10)21;1-3-4-5(2)6;1-3(2)4;1-3-2/h4,7-8H,3,5-6,25H2,1-2H3,(H3,16,18,19,21);3-4,6H,2H2,1H3;3H,4H2,1-2H3;3H,1H2,2H3/b9-4-;4-3-;;. The molecule has 3 rings (SSSR count). The first-order valence-corrected chi connectivity index (χ1v) is 12.5. The minimum Gasteiger partial charge on any atom is -0.509 e. The lowest BCUT2D eigenvalue weighted by molar-refractivity contribution is -0.149. The van der Waals surface area contributed by atoms with Crippen LogP contribution in [0.3, 0.4) is 0 Å². The van der Waals surface area contributed by atoms with Crippen molar-refractivity contribution in [1.82, 2.24) is 19.5 Å². The molecule has 2 heterocycles. The second kappa shape index (κ2) is 17.3. The number of hydrogen-bond donors (Lipinski definition) is 4. The van der Waals surface area contributed by atoms with Gasteiger partial charge in [-0.3, -0.25) is 19.1 Å². The molecule has 0 amide bonds. The first-order chi connectivity index (χ1) is 17.8. The second-order valence-corrected chi connectivity index (χ2v) is 9.44. The maximum Gasteiger partial charge on any atom is 0.308 e. The van der Waals surface area contributed by atoms with Gasteiger partial charge >= 0.3 is 5.97 Å². The molecule has 2 aromatic rings. The van der Waals surface area contributed by atoms with Crippen LogP contribution in [0.4, 0.5) is 5.95 Å². The van der Waals surface area contributed by atoms with Gasteiger partial charge in [-0.15, -0.1) is 6.58 Å². The predicted molar refractivity (Wildman–Crippen MR) is 157 cm³/mol. The van der Waals surface area contributed by atoms with Crippen molar-refractivity contribution >= 4 is 38.7 Å². The van der Waals surface area contributed by atoms with Gasteiger partial charge in [0.1, 0.15) is 18.7 Å².